The Balaban J connectivity index is 1.43. The van der Waals surface area contributed by atoms with E-state index in [1.807, 2.05) is 48.5 Å². The number of nitrogens with zero attached hydrogens (tertiary/aromatic N) is 2. The van der Waals surface area contributed by atoms with Crippen molar-refractivity contribution in [3.05, 3.63) is 71.1 Å². The highest BCUT2D eigenvalue weighted by Crippen LogP contribution is 2.32. The maximum atomic E-state index is 12.5. The highest BCUT2D eigenvalue weighted by molar-refractivity contribution is 7.16. The number of Topliss-reactive ketones (excluding diaryl/α,β-unsaturated/α-hetero) is 1. The summed E-state index contributed by atoms with van der Waals surface area (Å²) in [6.07, 6.45) is 0.306. The number of carbonyl (C=O) groups is 2. The zero-order valence-corrected chi connectivity index (χ0v) is 18.1. The summed E-state index contributed by atoms with van der Waals surface area (Å²) in [5.74, 6) is -0.233. The molecule has 7 heteroatoms. The van der Waals surface area contributed by atoms with Crippen LogP contribution in [0.2, 0.25) is 0 Å². The molecule has 1 saturated heterocycles. The summed E-state index contributed by atoms with van der Waals surface area (Å²) in [5.41, 5.74) is 2.55. The fourth-order valence-electron chi connectivity index (χ4n) is 3.47. The number of rotatable bonds is 8. The fourth-order valence-corrected chi connectivity index (χ4v) is 4.52. The Morgan fingerprint density at radius 3 is 2.35 bits per heavy atom. The van der Waals surface area contributed by atoms with Gasteiger partial charge in [-0.05, 0) is 0 Å². The van der Waals surface area contributed by atoms with E-state index < -0.39 is 0 Å². The van der Waals surface area contributed by atoms with Crippen LogP contribution in [0.4, 0.5) is 5.13 Å². The van der Waals surface area contributed by atoms with Crippen molar-refractivity contribution in [3.8, 4) is 11.3 Å². The smallest absolute Gasteiger partial charge is 0.226 e. The molecule has 0 radical (unpaired) electrons. The average molecular weight is 436 g/mol. The van der Waals surface area contributed by atoms with Crippen LogP contribution >= 0.6 is 11.3 Å². The summed E-state index contributed by atoms with van der Waals surface area (Å²) in [4.78, 5) is 32.9. The normalized spacial score (nSPS) is 14.3. The van der Waals surface area contributed by atoms with Crippen molar-refractivity contribution in [2.45, 2.75) is 19.4 Å². The summed E-state index contributed by atoms with van der Waals surface area (Å²) in [6.45, 7) is 4.01. The maximum absolute atomic E-state index is 12.5. The van der Waals surface area contributed by atoms with Gasteiger partial charge in [0, 0.05) is 48.5 Å². The van der Waals surface area contributed by atoms with Crippen LogP contribution in [0.5, 0.6) is 0 Å². The lowest BCUT2D eigenvalue weighted by molar-refractivity contribution is -0.116. The molecular formula is C24H25N3O3S. The Morgan fingerprint density at radius 1 is 0.968 bits per heavy atom. The number of thiazole rings is 1. The molecule has 1 aliphatic rings. The minimum absolute atomic E-state index is 0.0344. The van der Waals surface area contributed by atoms with Crippen molar-refractivity contribution in [1.29, 1.82) is 0 Å². The number of aromatic nitrogens is 1. The van der Waals surface area contributed by atoms with E-state index >= 15 is 0 Å². The minimum Gasteiger partial charge on any atom is -0.379 e. The zero-order chi connectivity index (χ0) is 21.5. The zero-order valence-electron chi connectivity index (χ0n) is 17.3. The van der Waals surface area contributed by atoms with Crippen LogP contribution in [0.3, 0.4) is 0 Å². The first-order valence-corrected chi connectivity index (χ1v) is 11.2. The summed E-state index contributed by atoms with van der Waals surface area (Å²) in [7, 11) is 0. The van der Waals surface area contributed by atoms with Crippen LogP contribution in [0.1, 0.15) is 28.1 Å². The Kier molecular flexibility index (Phi) is 7.19. The number of anilines is 1. The first kappa shape index (κ1) is 21.4. The van der Waals surface area contributed by atoms with Crippen LogP contribution < -0.4 is 5.32 Å². The largest absolute Gasteiger partial charge is 0.379 e. The van der Waals surface area contributed by atoms with Gasteiger partial charge in [-0.2, -0.15) is 0 Å². The number of ketones is 1. The molecule has 1 N–H and O–H groups in total. The third-order valence-corrected chi connectivity index (χ3v) is 6.09. The van der Waals surface area contributed by atoms with Gasteiger partial charge in [-0.3, -0.25) is 14.5 Å². The van der Waals surface area contributed by atoms with E-state index in [2.05, 4.69) is 10.2 Å². The third kappa shape index (κ3) is 5.85. The summed E-state index contributed by atoms with van der Waals surface area (Å²) < 4.78 is 5.45. The Labute approximate surface area is 185 Å². The van der Waals surface area contributed by atoms with E-state index in [4.69, 9.17) is 9.72 Å². The van der Waals surface area contributed by atoms with E-state index in [0.717, 1.165) is 49.0 Å². The number of carbonyl (C=O) groups excluding carboxylic acids is 2. The number of nitrogens with one attached hydrogen (secondary N) is 1. The highest BCUT2D eigenvalue weighted by Gasteiger charge is 2.19. The number of morpholine rings is 1. The predicted octanol–water partition coefficient (Wildman–Crippen LogP) is 4.24. The molecule has 0 spiro atoms. The number of hydrogen-bond acceptors (Lipinski definition) is 6. The maximum Gasteiger partial charge on any atom is 0.226 e. The van der Waals surface area contributed by atoms with E-state index in [0.29, 0.717) is 10.7 Å². The van der Waals surface area contributed by atoms with E-state index in [1.165, 1.54) is 11.3 Å². The summed E-state index contributed by atoms with van der Waals surface area (Å²) in [6, 6.07) is 19.1. The average Bonchev–Trinajstić information content (AvgIpc) is 3.21. The van der Waals surface area contributed by atoms with E-state index in [9.17, 15) is 9.59 Å². The van der Waals surface area contributed by atoms with Crippen LogP contribution in [0.15, 0.2) is 60.7 Å². The first-order chi connectivity index (χ1) is 15.2. The van der Waals surface area contributed by atoms with Crippen LogP contribution in [0, 0.1) is 0 Å². The van der Waals surface area contributed by atoms with E-state index in [-0.39, 0.29) is 24.5 Å². The van der Waals surface area contributed by atoms with Crippen molar-refractivity contribution in [1.82, 2.24) is 9.88 Å². The lowest BCUT2D eigenvalue weighted by Crippen LogP contribution is -2.35. The SMILES string of the molecule is O=C(CCC(=O)c1ccccc1)Nc1nc(-c2ccccc2)c(CN2CCOCC2)s1. The quantitative estimate of drug-likeness (QED) is 0.536. The first-order valence-electron chi connectivity index (χ1n) is 10.4. The topological polar surface area (TPSA) is 71.5 Å². The van der Waals surface area contributed by atoms with Gasteiger partial charge in [0.1, 0.15) is 0 Å². The molecule has 2 aromatic carbocycles. The van der Waals surface area contributed by atoms with Crippen molar-refractivity contribution in [2.75, 3.05) is 31.6 Å². The van der Waals surface area contributed by atoms with Gasteiger partial charge in [-0.25, -0.2) is 4.98 Å². The predicted molar refractivity (Wildman–Crippen MR) is 122 cm³/mol. The molecule has 0 bridgehead atoms. The molecule has 6 nitrogen and oxygen atoms in total. The fraction of sp³-hybridized carbons (Fsp3) is 0.292. The van der Waals surface area contributed by atoms with Gasteiger partial charge in [0.15, 0.2) is 10.9 Å². The molecule has 2 heterocycles. The summed E-state index contributed by atoms with van der Waals surface area (Å²) >= 11 is 1.50. The van der Waals surface area contributed by atoms with Gasteiger partial charge in [0.05, 0.1) is 18.9 Å². The Bertz CT molecular complexity index is 1020. The van der Waals surface area contributed by atoms with Gasteiger partial charge in [0.2, 0.25) is 5.91 Å². The molecule has 1 aliphatic heterocycles. The van der Waals surface area contributed by atoms with Crippen molar-refractivity contribution >= 4 is 28.2 Å². The van der Waals surface area contributed by atoms with Gasteiger partial charge in [-0.15, -0.1) is 0 Å². The second-order valence-electron chi connectivity index (χ2n) is 7.38. The van der Waals surface area contributed by atoms with Crippen molar-refractivity contribution in [3.63, 3.8) is 0 Å². The van der Waals surface area contributed by atoms with Gasteiger partial charge >= 0.3 is 0 Å². The van der Waals surface area contributed by atoms with Gasteiger partial charge in [-0.1, -0.05) is 72.0 Å². The van der Waals surface area contributed by atoms with Crippen LogP contribution in [0.25, 0.3) is 11.3 Å². The highest BCUT2D eigenvalue weighted by atomic mass is 32.1. The lowest BCUT2D eigenvalue weighted by atomic mass is 10.1. The number of benzene rings is 2. The molecule has 0 unspecified atom stereocenters. The molecule has 4 rings (SSSR count). The second kappa shape index (κ2) is 10.4. The Morgan fingerprint density at radius 2 is 1.65 bits per heavy atom. The van der Waals surface area contributed by atoms with Crippen molar-refractivity contribution in [2.24, 2.45) is 0 Å². The molecule has 1 amide bonds. The third-order valence-electron chi connectivity index (χ3n) is 5.14. The molecule has 31 heavy (non-hydrogen) atoms. The summed E-state index contributed by atoms with van der Waals surface area (Å²) in [5, 5.41) is 3.46. The molecule has 160 valence electrons. The number of amides is 1. The Hall–Kier alpha value is -2.87. The standard InChI is InChI=1S/C24H25N3O3S/c28-20(18-7-3-1-4-8-18)11-12-22(29)25-24-26-23(19-9-5-2-6-10-19)21(31-24)17-27-13-15-30-16-14-27/h1-10H,11-17H2,(H,25,26,29). The molecule has 0 atom stereocenters. The molecule has 0 aliphatic carbocycles. The van der Waals surface area contributed by atoms with Gasteiger partial charge in [0.25, 0.3) is 0 Å². The molecular weight excluding hydrogens is 410 g/mol. The van der Waals surface area contributed by atoms with Crippen LogP contribution in [-0.4, -0.2) is 47.9 Å². The van der Waals surface area contributed by atoms with Crippen LogP contribution in [-0.2, 0) is 16.1 Å². The second-order valence-corrected chi connectivity index (χ2v) is 8.47. The molecule has 1 aromatic heterocycles. The minimum atomic E-state index is -0.199. The van der Waals surface area contributed by atoms with Gasteiger partial charge < -0.3 is 10.1 Å². The van der Waals surface area contributed by atoms with E-state index in [1.54, 1.807) is 12.1 Å². The molecule has 0 saturated carbocycles. The number of ether oxygens (including phenoxy) is 1. The molecule has 1 fully saturated rings. The van der Waals surface area contributed by atoms with Crippen molar-refractivity contribution < 1.29 is 14.3 Å². The monoisotopic (exact) mass is 435 g/mol. The molecule has 3 aromatic rings. The number of hydrogen-bond donors (Lipinski definition) is 1. The lowest BCUT2D eigenvalue weighted by Gasteiger charge is -2.26.